The van der Waals surface area contributed by atoms with Gasteiger partial charge in [-0.2, -0.15) is 0 Å². The molecule has 1 aromatic heterocycles. The van der Waals surface area contributed by atoms with Gasteiger partial charge in [-0.3, -0.25) is 0 Å². The van der Waals surface area contributed by atoms with Crippen molar-refractivity contribution in [3.8, 4) is 39.1 Å². The Morgan fingerprint density at radius 3 is 1.16 bits per heavy atom. The first kappa shape index (κ1) is 33.6. The maximum atomic E-state index is 2.39. The Kier molecular flexibility index (Phi) is 8.19. The Hall–Kier alpha value is -7.68. The van der Waals surface area contributed by atoms with Crippen molar-refractivity contribution in [1.82, 2.24) is 4.57 Å². The highest BCUT2D eigenvalue weighted by atomic mass is 15.1. The molecule has 0 unspecified atom stereocenters. The van der Waals surface area contributed by atoms with Crippen molar-refractivity contribution in [1.29, 1.82) is 0 Å². The number of anilines is 3. The number of hydrogen-bond acceptors (Lipinski definition) is 1. The lowest BCUT2D eigenvalue weighted by molar-refractivity contribution is 1.17. The molecule has 0 aliphatic heterocycles. The topological polar surface area (TPSA) is 8.17 Å². The van der Waals surface area contributed by atoms with Crippen LogP contribution < -0.4 is 4.90 Å². The minimum Gasteiger partial charge on any atom is -0.310 e. The van der Waals surface area contributed by atoms with E-state index in [2.05, 4.69) is 240 Å². The van der Waals surface area contributed by atoms with Crippen LogP contribution in [0.4, 0.5) is 17.1 Å². The van der Waals surface area contributed by atoms with Gasteiger partial charge in [-0.25, -0.2) is 0 Å². The van der Waals surface area contributed by atoms with Gasteiger partial charge in [0, 0.05) is 33.5 Å². The van der Waals surface area contributed by atoms with Gasteiger partial charge < -0.3 is 9.47 Å². The van der Waals surface area contributed by atoms with E-state index in [1.807, 2.05) is 0 Å². The monoisotopic (exact) mass is 738 g/mol. The highest BCUT2D eigenvalue weighted by molar-refractivity contribution is 6.09. The van der Waals surface area contributed by atoms with E-state index in [4.69, 9.17) is 0 Å². The Morgan fingerprint density at radius 2 is 0.655 bits per heavy atom. The van der Waals surface area contributed by atoms with Crippen LogP contribution in [0.2, 0.25) is 0 Å². The summed E-state index contributed by atoms with van der Waals surface area (Å²) in [6, 6.07) is 83.7. The van der Waals surface area contributed by atoms with Gasteiger partial charge in [0.05, 0.1) is 11.0 Å². The lowest BCUT2D eigenvalue weighted by Crippen LogP contribution is -2.10. The molecule has 2 nitrogen and oxygen atoms in total. The molecule has 0 spiro atoms. The molecule has 11 aromatic rings. The van der Waals surface area contributed by atoms with Gasteiger partial charge in [0.15, 0.2) is 0 Å². The fraction of sp³-hybridized carbons (Fsp3) is 0. The van der Waals surface area contributed by atoms with Gasteiger partial charge in [-0.1, -0.05) is 164 Å². The molecule has 0 amide bonds. The molecular weight excluding hydrogens is 701 g/mol. The van der Waals surface area contributed by atoms with Gasteiger partial charge in [-0.15, -0.1) is 0 Å². The van der Waals surface area contributed by atoms with E-state index >= 15 is 0 Å². The maximum absolute atomic E-state index is 2.39. The van der Waals surface area contributed by atoms with Crippen LogP contribution in [0.3, 0.4) is 0 Å². The summed E-state index contributed by atoms with van der Waals surface area (Å²) < 4.78 is 2.39. The first-order valence-corrected chi connectivity index (χ1v) is 19.9. The lowest BCUT2D eigenvalue weighted by Gasteiger charge is -2.26. The second-order valence-corrected chi connectivity index (χ2v) is 15.0. The molecule has 0 saturated heterocycles. The zero-order valence-electron chi connectivity index (χ0n) is 31.8. The summed E-state index contributed by atoms with van der Waals surface area (Å²) in [6.45, 7) is 0. The zero-order valence-corrected chi connectivity index (χ0v) is 31.8. The Balaban J connectivity index is 0.978. The smallest absolute Gasteiger partial charge is 0.0541 e. The molecule has 10 aromatic carbocycles. The fourth-order valence-corrected chi connectivity index (χ4v) is 8.62. The molecule has 0 atom stereocenters. The molecule has 0 bridgehead atoms. The Morgan fingerprint density at radius 1 is 0.259 bits per heavy atom. The molecule has 1 heterocycles. The maximum Gasteiger partial charge on any atom is 0.0541 e. The van der Waals surface area contributed by atoms with Gasteiger partial charge in [0.2, 0.25) is 0 Å². The number of aromatic nitrogens is 1. The molecule has 0 saturated carbocycles. The van der Waals surface area contributed by atoms with Crippen molar-refractivity contribution in [2.75, 3.05) is 4.90 Å². The molecule has 11 rings (SSSR count). The van der Waals surface area contributed by atoms with Crippen molar-refractivity contribution in [3.05, 3.63) is 231 Å². The summed E-state index contributed by atoms with van der Waals surface area (Å²) >= 11 is 0. The van der Waals surface area contributed by atoms with Crippen molar-refractivity contribution >= 4 is 60.4 Å². The fourth-order valence-electron chi connectivity index (χ4n) is 8.62. The average Bonchev–Trinajstić information content (AvgIpc) is 3.64. The largest absolute Gasteiger partial charge is 0.310 e. The van der Waals surface area contributed by atoms with Crippen molar-refractivity contribution in [3.63, 3.8) is 0 Å². The van der Waals surface area contributed by atoms with Crippen LogP contribution in [0, 0.1) is 0 Å². The summed E-state index contributed by atoms with van der Waals surface area (Å²) in [6.07, 6.45) is 0. The second-order valence-electron chi connectivity index (χ2n) is 15.0. The van der Waals surface area contributed by atoms with E-state index in [-0.39, 0.29) is 0 Å². The first-order valence-electron chi connectivity index (χ1n) is 19.9. The van der Waals surface area contributed by atoms with E-state index in [1.165, 1.54) is 76.7 Å². The normalized spacial score (nSPS) is 11.4. The standard InChI is InChI=1S/C56H38N2/c1-3-12-45-36-47(26-24-39(45)10-1)43-22-20-41(21-23-43)42-28-32-49(33-29-42)57(50-34-30-44(31-35-50)48-27-25-40-11-2-4-13-46(40)37-48)51-14-9-15-52(38-51)58-55-18-7-5-16-53(55)54-17-6-8-19-56(54)58/h1-38H. The molecule has 2 heteroatoms. The number of benzene rings is 10. The molecule has 58 heavy (non-hydrogen) atoms. The predicted octanol–water partition coefficient (Wildman–Crippen LogP) is 15.6. The van der Waals surface area contributed by atoms with E-state index in [0.29, 0.717) is 0 Å². The zero-order chi connectivity index (χ0) is 38.4. The molecule has 0 aliphatic carbocycles. The van der Waals surface area contributed by atoms with Crippen LogP contribution in [0.1, 0.15) is 0 Å². The van der Waals surface area contributed by atoms with E-state index in [1.54, 1.807) is 0 Å². The van der Waals surface area contributed by atoms with E-state index in [0.717, 1.165) is 22.7 Å². The number of para-hydroxylation sites is 2. The quantitative estimate of drug-likeness (QED) is 0.158. The summed E-state index contributed by atoms with van der Waals surface area (Å²) in [4.78, 5) is 2.37. The summed E-state index contributed by atoms with van der Waals surface area (Å²) in [5.74, 6) is 0. The molecule has 0 radical (unpaired) electrons. The highest BCUT2D eigenvalue weighted by Crippen LogP contribution is 2.40. The molecule has 272 valence electrons. The minimum absolute atomic E-state index is 1.09. The van der Waals surface area contributed by atoms with Crippen molar-refractivity contribution in [2.24, 2.45) is 0 Å². The third-order valence-electron chi connectivity index (χ3n) is 11.6. The average molecular weight is 739 g/mol. The van der Waals surface area contributed by atoms with E-state index < -0.39 is 0 Å². The van der Waals surface area contributed by atoms with Crippen LogP contribution >= 0.6 is 0 Å². The predicted molar refractivity (Wildman–Crippen MR) is 247 cm³/mol. The lowest BCUT2D eigenvalue weighted by atomic mass is 9.98. The Labute approximate surface area is 338 Å². The summed E-state index contributed by atoms with van der Waals surface area (Å²) in [5, 5.41) is 7.53. The van der Waals surface area contributed by atoms with Gasteiger partial charge in [-0.05, 0) is 122 Å². The molecule has 0 fully saturated rings. The summed E-state index contributed by atoms with van der Waals surface area (Å²) in [7, 11) is 0. The van der Waals surface area contributed by atoms with Gasteiger partial charge in [0.1, 0.15) is 0 Å². The van der Waals surface area contributed by atoms with Crippen LogP contribution in [0.15, 0.2) is 231 Å². The van der Waals surface area contributed by atoms with Gasteiger partial charge in [0.25, 0.3) is 0 Å². The molecular formula is C56H38N2. The minimum atomic E-state index is 1.09. The van der Waals surface area contributed by atoms with Gasteiger partial charge >= 0.3 is 0 Å². The van der Waals surface area contributed by atoms with Crippen LogP contribution in [-0.2, 0) is 0 Å². The number of nitrogens with zero attached hydrogens (tertiary/aromatic N) is 2. The second kappa shape index (κ2) is 14.1. The Bertz CT molecular complexity index is 3210. The SMILES string of the molecule is c1cc(N(c2ccc(-c3ccc(-c4ccc5ccccc5c4)cc3)cc2)c2ccc(-c3ccc4ccccc4c3)cc2)cc(-n2c3ccccc3c3ccccc32)c1. The number of fused-ring (bicyclic) bond motifs is 5. The van der Waals surface area contributed by atoms with E-state index in [9.17, 15) is 0 Å². The molecule has 0 aliphatic rings. The summed E-state index contributed by atoms with van der Waals surface area (Å²) in [5.41, 5.74) is 14.0. The highest BCUT2D eigenvalue weighted by Gasteiger charge is 2.17. The first-order chi connectivity index (χ1) is 28.7. The molecule has 0 N–H and O–H groups in total. The third-order valence-corrected chi connectivity index (χ3v) is 11.6. The van der Waals surface area contributed by atoms with Crippen LogP contribution in [0.25, 0.3) is 82.4 Å². The van der Waals surface area contributed by atoms with Crippen molar-refractivity contribution < 1.29 is 0 Å². The van der Waals surface area contributed by atoms with Crippen LogP contribution in [0.5, 0.6) is 0 Å². The third kappa shape index (κ3) is 6.00. The van der Waals surface area contributed by atoms with Crippen LogP contribution in [-0.4, -0.2) is 4.57 Å². The van der Waals surface area contributed by atoms with Crippen molar-refractivity contribution in [2.45, 2.75) is 0 Å². The number of hydrogen-bond donors (Lipinski definition) is 0. The number of rotatable bonds is 7.